The molecule has 1 N–H and O–H groups in total. The van der Waals surface area contributed by atoms with Gasteiger partial charge in [0, 0.05) is 16.0 Å². The van der Waals surface area contributed by atoms with E-state index < -0.39 is 5.97 Å². The highest BCUT2D eigenvalue weighted by Gasteiger charge is 2.19. The molecular formula is C14H8BrClN2O2S. The molecule has 0 bridgehead atoms. The highest BCUT2D eigenvalue weighted by molar-refractivity contribution is 9.10. The summed E-state index contributed by atoms with van der Waals surface area (Å²) in [4.78, 5) is 12.2. The summed E-state index contributed by atoms with van der Waals surface area (Å²) in [6, 6.07) is 9.00. The fraction of sp³-hybridized carbons (Fsp3) is 0. The Balaban J connectivity index is 2.18. The highest BCUT2D eigenvalue weighted by Crippen LogP contribution is 2.32. The van der Waals surface area contributed by atoms with Crippen LogP contribution in [0.5, 0.6) is 0 Å². The Morgan fingerprint density at radius 1 is 1.38 bits per heavy atom. The van der Waals surface area contributed by atoms with Crippen molar-refractivity contribution in [2.75, 3.05) is 0 Å². The van der Waals surface area contributed by atoms with Gasteiger partial charge in [-0.1, -0.05) is 23.7 Å². The summed E-state index contributed by atoms with van der Waals surface area (Å²) >= 11 is 10.9. The third-order valence-corrected chi connectivity index (χ3v) is 4.86. The molecule has 0 aliphatic rings. The van der Waals surface area contributed by atoms with E-state index in [1.165, 1.54) is 22.2 Å². The quantitative estimate of drug-likeness (QED) is 0.712. The van der Waals surface area contributed by atoms with Crippen LogP contribution < -0.4 is 0 Å². The summed E-state index contributed by atoms with van der Waals surface area (Å²) in [7, 11) is 0. The molecule has 0 fully saturated rings. The van der Waals surface area contributed by atoms with Gasteiger partial charge in [-0.2, -0.15) is 5.10 Å². The molecule has 21 heavy (non-hydrogen) atoms. The van der Waals surface area contributed by atoms with Crippen LogP contribution in [0, 0.1) is 0 Å². The predicted molar refractivity (Wildman–Crippen MR) is 86.5 cm³/mol. The summed E-state index contributed by atoms with van der Waals surface area (Å²) in [6.45, 7) is 0. The zero-order chi connectivity index (χ0) is 15.0. The normalized spacial score (nSPS) is 10.8. The number of halogens is 2. The Bertz CT molecular complexity index is 828. The van der Waals surface area contributed by atoms with E-state index >= 15 is 0 Å². The molecule has 0 saturated carbocycles. The minimum absolute atomic E-state index is 0.143. The summed E-state index contributed by atoms with van der Waals surface area (Å²) in [6.07, 6.45) is 1.48. The molecule has 0 aliphatic carbocycles. The lowest BCUT2D eigenvalue weighted by Crippen LogP contribution is -1.96. The van der Waals surface area contributed by atoms with Crippen molar-refractivity contribution < 1.29 is 9.90 Å². The first-order chi connectivity index (χ1) is 10.1. The van der Waals surface area contributed by atoms with Gasteiger partial charge in [-0.15, -0.1) is 11.3 Å². The Kier molecular flexibility index (Phi) is 3.84. The molecule has 1 aromatic carbocycles. The lowest BCUT2D eigenvalue weighted by atomic mass is 10.2. The van der Waals surface area contributed by atoms with E-state index in [1.54, 1.807) is 12.1 Å². The first kappa shape index (κ1) is 14.3. The fourth-order valence-corrected chi connectivity index (χ4v) is 3.56. The van der Waals surface area contributed by atoms with Crippen molar-refractivity contribution in [1.29, 1.82) is 0 Å². The molecule has 7 heteroatoms. The molecule has 3 aromatic rings. The number of hydrogen-bond acceptors (Lipinski definition) is 3. The van der Waals surface area contributed by atoms with Gasteiger partial charge in [0.25, 0.3) is 0 Å². The number of carbonyl (C=O) groups is 1. The van der Waals surface area contributed by atoms with Gasteiger partial charge in [0.2, 0.25) is 0 Å². The molecule has 0 spiro atoms. The van der Waals surface area contributed by atoms with Crippen molar-refractivity contribution in [1.82, 2.24) is 9.78 Å². The SMILES string of the molecule is O=C(O)c1cn(-c2ccccc2Cl)nc1-c1cc(Br)cs1. The molecule has 0 aliphatic heterocycles. The molecule has 4 nitrogen and oxygen atoms in total. The molecule has 2 heterocycles. The van der Waals surface area contributed by atoms with Crippen molar-refractivity contribution in [3.8, 4) is 16.3 Å². The number of aromatic carboxylic acids is 1. The van der Waals surface area contributed by atoms with Gasteiger partial charge in [-0.05, 0) is 34.1 Å². The number of benzene rings is 1. The van der Waals surface area contributed by atoms with Crippen LogP contribution >= 0.6 is 38.9 Å². The first-order valence-electron chi connectivity index (χ1n) is 5.88. The maximum absolute atomic E-state index is 11.4. The lowest BCUT2D eigenvalue weighted by molar-refractivity contribution is 0.0697. The fourth-order valence-electron chi connectivity index (χ4n) is 1.91. The molecule has 2 aromatic heterocycles. The second-order valence-corrected chi connectivity index (χ2v) is 6.46. The number of para-hydroxylation sites is 1. The van der Waals surface area contributed by atoms with Crippen molar-refractivity contribution in [2.24, 2.45) is 0 Å². The van der Waals surface area contributed by atoms with Crippen molar-refractivity contribution in [2.45, 2.75) is 0 Å². The zero-order valence-electron chi connectivity index (χ0n) is 10.5. The molecule has 0 unspecified atom stereocenters. The number of nitrogens with zero attached hydrogens (tertiary/aromatic N) is 2. The topological polar surface area (TPSA) is 55.1 Å². The Labute approximate surface area is 137 Å². The number of thiophene rings is 1. The number of carboxylic acid groups (broad SMARTS) is 1. The summed E-state index contributed by atoms with van der Waals surface area (Å²) in [5.41, 5.74) is 1.21. The molecule has 0 saturated heterocycles. The van der Waals surface area contributed by atoms with E-state index in [9.17, 15) is 9.90 Å². The average molecular weight is 384 g/mol. The van der Waals surface area contributed by atoms with E-state index in [0.717, 1.165) is 9.35 Å². The second kappa shape index (κ2) is 5.63. The van der Waals surface area contributed by atoms with E-state index in [4.69, 9.17) is 11.6 Å². The predicted octanol–water partition coefficient (Wildman–Crippen LogP) is 4.71. The van der Waals surface area contributed by atoms with Crippen molar-refractivity contribution >= 4 is 44.8 Å². The van der Waals surface area contributed by atoms with Crippen LogP contribution in [0.4, 0.5) is 0 Å². The van der Waals surface area contributed by atoms with Crippen molar-refractivity contribution in [3.05, 3.63) is 57.0 Å². The molecule has 0 atom stereocenters. The number of hydrogen-bond donors (Lipinski definition) is 1. The number of carboxylic acids is 1. The molecule has 3 rings (SSSR count). The smallest absolute Gasteiger partial charge is 0.339 e. The summed E-state index contributed by atoms with van der Waals surface area (Å²) in [5.74, 6) is -1.02. The number of rotatable bonds is 3. The number of aromatic nitrogens is 2. The highest BCUT2D eigenvalue weighted by atomic mass is 79.9. The van der Waals surface area contributed by atoms with E-state index in [1.807, 2.05) is 23.6 Å². The third-order valence-electron chi connectivity index (χ3n) is 2.84. The Hall–Kier alpha value is -1.63. The van der Waals surface area contributed by atoms with E-state index in [2.05, 4.69) is 21.0 Å². The molecular weight excluding hydrogens is 376 g/mol. The van der Waals surface area contributed by atoms with Gasteiger partial charge in [0.05, 0.1) is 15.6 Å². The molecule has 106 valence electrons. The first-order valence-corrected chi connectivity index (χ1v) is 7.93. The van der Waals surface area contributed by atoms with Gasteiger partial charge in [-0.3, -0.25) is 0 Å². The van der Waals surface area contributed by atoms with E-state index in [0.29, 0.717) is 16.4 Å². The van der Waals surface area contributed by atoms with E-state index in [-0.39, 0.29) is 5.56 Å². The minimum atomic E-state index is -1.02. The minimum Gasteiger partial charge on any atom is -0.478 e. The summed E-state index contributed by atoms with van der Waals surface area (Å²) in [5, 5.41) is 16.2. The van der Waals surface area contributed by atoms with Crippen LogP contribution in [0.2, 0.25) is 5.02 Å². The van der Waals surface area contributed by atoms with Crippen LogP contribution in [0.25, 0.3) is 16.3 Å². The molecule has 0 radical (unpaired) electrons. The van der Waals surface area contributed by atoms with Gasteiger partial charge in [-0.25, -0.2) is 9.48 Å². The maximum Gasteiger partial charge on any atom is 0.339 e. The van der Waals surface area contributed by atoms with Gasteiger partial charge >= 0.3 is 5.97 Å². The van der Waals surface area contributed by atoms with Crippen LogP contribution in [-0.2, 0) is 0 Å². The average Bonchev–Trinajstić information content (AvgIpc) is 3.05. The van der Waals surface area contributed by atoms with Crippen LogP contribution in [0.1, 0.15) is 10.4 Å². The van der Waals surface area contributed by atoms with Crippen LogP contribution in [-0.4, -0.2) is 20.9 Å². The monoisotopic (exact) mass is 382 g/mol. The molecule has 0 amide bonds. The lowest BCUT2D eigenvalue weighted by Gasteiger charge is -2.02. The second-order valence-electron chi connectivity index (χ2n) is 4.22. The Morgan fingerprint density at radius 2 is 2.14 bits per heavy atom. The standard InChI is InChI=1S/C14H8BrClN2O2S/c15-8-5-12(21-7-8)13-9(14(19)20)6-18(17-13)11-4-2-1-3-10(11)16/h1-7H,(H,19,20). The van der Waals surface area contributed by atoms with Gasteiger partial charge < -0.3 is 5.11 Å². The van der Waals surface area contributed by atoms with Crippen molar-refractivity contribution in [3.63, 3.8) is 0 Å². The van der Waals surface area contributed by atoms with Gasteiger partial charge in [0.15, 0.2) is 0 Å². The maximum atomic E-state index is 11.4. The summed E-state index contributed by atoms with van der Waals surface area (Å²) < 4.78 is 2.39. The third kappa shape index (κ3) is 2.74. The largest absolute Gasteiger partial charge is 0.478 e. The Morgan fingerprint density at radius 3 is 2.76 bits per heavy atom. The zero-order valence-corrected chi connectivity index (χ0v) is 13.6. The van der Waals surface area contributed by atoms with Crippen LogP contribution in [0.15, 0.2) is 46.4 Å². The van der Waals surface area contributed by atoms with Crippen LogP contribution in [0.3, 0.4) is 0 Å². The van der Waals surface area contributed by atoms with Gasteiger partial charge in [0.1, 0.15) is 11.3 Å².